The lowest BCUT2D eigenvalue weighted by Gasteiger charge is -2.29. The van der Waals surface area contributed by atoms with E-state index >= 15 is 0 Å². The number of carbonyl (C=O) groups is 2. The highest BCUT2D eigenvalue weighted by molar-refractivity contribution is 5.97. The van der Waals surface area contributed by atoms with Gasteiger partial charge in [0.25, 0.3) is 5.91 Å². The van der Waals surface area contributed by atoms with Crippen LogP contribution >= 0.6 is 0 Å². The molecule has 0 atom stereocenters. The zero-order chi connectivity index (χ0) is 16.7. The van der Waals surface area contributed by atoms with E-state index in [2.05, 4.69) is 5.32 Å². The minimum atomic E-state index is -0.395. The Morgan fingerprint density at radius 2 is 1.96 bits per heavy atom. The molecule has 120 valence electrons. The molecule has 1 aromatic carbocycles. The second kappa shape index (κ2) is 7.99. The number of hydrogen-bond donors (Lipinski definition) is 2. The first-order chi connectivity index (χ1) is 11.1. The largest absolute Gasteiger partial charge is 0.376 e. The number of benzene rings is 1. The molecular weight excluding hydrogens is 292 g/mol. The number of carbonyl (C=O) groups excluding carboxylic acids is 2. The normalized spacial score (nSPS) is 15.8. The van der Waals surface area contributed by atoms with Crippen LogP contribution in [0.4, 0.5) is 0 Å². The van der Waals surface area contributed by atoms with Crippen molar-refractivity contribution in [3.63, 3.8) is 0 Å². The maximum absolute atomic E-state index is 12.1. The average molecular weight is 312 g/mol. The summed E-state index contributed by atoms with van der Waals surface area (Å²) in [6.45, 7) is 1.61. The summed E-state index contributed by atoms with van der Waals surface area (Å²) in [6, 6.07) is 11.4. The third-order valence-corrected chi connectivity index (χ3v) is 3.90. The van der Waals surface area contributed by atoms with Crippen LogP contribution in [0.2, 0.25) is 0 Å². The quantitative estimate of drug-likeness (QED) is 0.623. The van der Waals surface area contributed by atoms with Crippen LogP contribution < -0.4 is 11.1 Å². The van der Waals surface area contributed by atoms with Gasteiger partial charge in [-0.2, -0.15) is 5.26 Å². The van der Waals surface area contributed by atoms with Crippen LogP contribution in [-0.4, -0.2) is 29.8 Å². The number of hydrogen-bond acceptors (Lipinski definition) is 4. The van der Waals surface area contributed by atoms with E-state index in [0.717, 1.165) is 5.56 Å². The third-order valence-electron chi connectivity index (χ3n) is 3.90. The first kappa shape index (κ1) is 16.6. The Labute approximate surface area is 135 Å². The summed E-state index contributed by atoms with van der Waals surface area (Å²) in [7, 11) is 0. The number of primary amides is 1. The van der Waals surface area contributed by atoms with Crippen molar-refractivity contribution in [2.75, 3.05) is 13.1 Å². The highest BCUT2D eigenvalue weighted by Gasteiger charge is 2.22. The number of nitrogens with two attached hydrogens (primary N) is 1. The molecule has 0 saturated carbocycles. The molecule has 6 nitrogen and oxygen atoms in total. The molecule has 1 fully saturated rings. The third kappa shape index (κ3) is 4.85. The molecule has 1 aromatic rings. The Hall–Kier alpha value is -2.81. The van der Waals surface area contributed by atoms with E-state index in [9.17, 15) is 14.9 Å². The summed E-state index contributed by atoms with van der Waals surface area (Å²) in [5.41, 5.74) is 6.33. The maximum atomic E-state index is 12.1. The fourth-order valence-corrected chi connectivity index (χ4v) is 2.51. The lowest BCUT2D eigenvalue weighted by Crippen LogP contribution is -2.36. The first-order valence-corrected chi connectivity index (χ1v) is 7.57. The standard InChI is InChI=1S/C17H20N4O2/c18-10-15(12-21-8-6-14(7-9-21)16(19)22)17(23)20-11-13-4-2-1-3-5-13/h1-5,12,14H,6-9,11H2,(H2,19,22)(H,20,23). The number of nitrogens with zero attached hydrogens (tertiary/aromatic N) is 2. The van der Waals surface area contributed by atoms with Crippen molar-refractivity contribution < 1.29 is 9.59 Å². The molecule has 3 N–H and O–H groups in total. The Balaban J connectivity index is 1.90. The zero-order valence-corrected chi connectivity index (χ0v) is 12.9. The van der Waals surface area contributed by atoms with E-state index in [-0.39, 0.29) is 17.4 Å². The van der Waals surface area contributed by atoms with Crippen LogP contribution in [0, 0.1) is 17.2 Å². The van der Waals surface area contributed by atoms with Crippen LogP contribution in [0.25, 0.3) is 0 Å². The van der Waals surface area contributed by atoms with Gasteiger partial charge in [0, 0.05) is 31.8 Å². The van der Waals surface area contributed by atoms with Gasteiger partial charge >= 0.3 is 0 Å². The predicted octanol–water partition coefficient (Wildman–Crippen LogP) is 0.908. The SMILES string of the molecule is N#CC(=CN1CCC(C(N)=O)CC1)C(=O)NCc1ccccc1. The van der Waals surface area contributed by atoms with E-state index in [1.54, 1.807) is 6.20 Å². The number of likely N-dealkylation sites (tertiary alicyclic amines) is 1. The molecule has 0 aliphatic carbocycles. The second-order valence-corrected chi connectivity index (χ2v) is 5.54. The number of nitrogens with one attached hydrogen (secondary N) is 1. The van der Waals surface area contributed by atoms with Crippen molar-refractivity contribution in [1.82, 2.24) is 10.2 Å². The molecule has 0 unspecified atom stereocenters. The lowest BCUT2D eigenvalue weighted by atomic mass is 9.96. The van der Waals surface area contributed by atoms with Gasteiger partial charge in [-0.1, -0.05) is 30.3 Å². The van der Waals surface area contributed by atoms with Gasteiger partial charge in [0.05, 0.1) is 0 Å². The van der Waals surface area contributed by atoms with Gasteiger partial charge in [-0.3, -0.25) is 9.59 Å². The number of nitriles is 1. The van der Waals surface area contributed by atoms with Crippen molar-refractivity contribution >= 4 is 11.8 Å². The Bertz CT molecular complexity index is 626. The Kier molecular flexibility index (Phi) is 5.75. The van der Waals surface area contributed by atoms with Gasteiger partial charge in [-0.05, 0) is 18.4 Å². The Morgan fingerprint density at radius 3 is 2.52 bits per heavy atom. The minimum Gasteiger partial charge on any atom is -0.376 e. The highest BCUT2D eigenvalue weighted by Crippen LogP contribution is 2.17. The smallest absolute Gasteiger partial charge is 0.263 e. The van der Waals surface area contributed by atoms with Crippen LogP contribution in [0.3, 0.4) is 0 Å². The number of rotatable bonds is 5. The molecule has 0 spiro atoms. The molecule has 0 bridgehead atoms. The number of amides is 2. The second-order valence-electron chi connectivity index (χ2n) is 5.54. The van der Waals surface area contributed by atoms with Gasteiger partial charge in [-0.25, -0.2) is 0 Å². The molecule has 1 aliphatic heterocycles. The first-order valence-electron chi connectivity index (χ1n) is 7.57. The molecule has 6 heteroatoms. The molecule has 0 aromatic heterocycles. The topological polar surface area (TPSA) is 99.2 Å². The van der Waals surface area contributed by atoms with E-state index in [1.807, 2.05) is 41.3 Å². The minimum absolute atomic E-state index is 0.0680. The van der Waals surface area contributed by atoms with E-state index < -0.39 is 5.91 Å². The molecular formula is C17H20N4O2. The monoisotopic (exact) mass is 312 g/mol. The van der Waals surface area contributed by atoms with Crippen molar-refractivity contribution in [3.05, 3.63) is 47.7 Å². The lowest BCUT2D eigenvalue weighted by molar-refractivity contribution is -0.123. The molecule has 1 heterocycles. The Morgan fingerprint density at radius 1 is 1.30 bits per heavy atom. The van der Waals surface area contributed by atoms with Gasteiger partial charge < -0.3 is 16.0 Å². The molecule has 1 aliphatic rings. The van der Waals surface area contributed by atoms with E-state index in [1.165, 1.54) is 0 Å². The maximum Gasteiger partial charge on any atom is 0.263 e. The van der Waals surface area contributed by atoms with Gasteiger partial charge in [0.1, 0.15) is 11.6 Å². The fraction of sp³-hybridized carbons (Fsp3) is 0.353. The van der Waals surface area contributed by atoms with Gasteiger partial charge in [-0.15, -0.1) is 0 Å². The van der Waals surface area contributed by atoms with Crippen molar-refractivity contribution in [3.8, 4) is 6.07 Å². The summed E-state index contributed by atoms with van der Waals surface area (Å²) in [5, 5.41) is 11.9. The van der Waals surface area contributed by atoms with E-state index in [4.69, 9.17) is 5.73 Å². The molecule has 0 radical (unpaired) electrons. The number of piperidine rings is 1. The van der Waals surface area contributed by atoms with E-state index in [0.29, 0.717) is 32.5 Å². The summed E-state index contributed by atoms with van der Waals surface area (Å²) in [5.74, 6) is -0.791. The summed E-state index contributed by atoms with van der Waals surface area (Å²) in [6.07, 6.45) is 2.86. The highest BCUT2D eigenvalue weighted by atomic mass is 16.2. The molecule has 23 heavy (non-hydrogen) atoms. The van der Waals surface area contributed by atoms with Crippen molar-refractivity contribution in [2.24, 2.45) is 11.7 Å². The predicted molar refractivity (Wildman–Crippen MR) is 85.5 cm³/mol. The van der Waals surface area contributed by atoms with Crippen LogP contribution in [-0.2, 0) is 16.1 Å². The molecule has 2 rings (SSSR count). The van der Waals surface area contributed by atoms with Gasteiger partial charge in [0.15, 0.2) is 0 Å². The van der Waals surface area contributed by atoms with Gasteiger partial charge in [0.2, 0.25) is 5.91 Å². The summed E-state index contributed by atoms with van der Waals surface area (Å²) in [4.78, 5) is 25.1. The van der Waals surface area contributed by atoms with Crippen molar-refractivity contribution in [1.29, 1.82) is 5.26 Å². The molecule has 2 amide bonds. The molecule has 1 saturated heterocycles. The van der Waals surface area contributed by atoms with Crippen LogP contribution in [0.1, 0.15) is 18.4 Å². The van der Waals surface area contributed by atoms with Crippen molar-refractivity contribution in [2.45, 2.75) is 19.4 Å². The summed E-state index contributed by atoms with van der Waals surface area (Å²) < 4.78 is 0. The fourth-order valence-electron chi connectivity index (χ4n) is 2.51. The average Bonchev–Trinajstić information content (AvgIpc) is 2.59. The zero-order valence-electron chi connectivity index (χ0n) is 12.9. The van der Waals surface area contributed by atoms with Crippen LogP contribution in [0.15, 0.2) is 42.1 Å². The van der Waals surface area contributed by atoms with Crippen LogP contribution in [0.5, 0.6) is 0 Å². The summed E-state index contributed by atoms with van der Waals surface area (Å²) >= 11 is 0.